The third-order valence-electron chi connectivity index (χ3n) is 2.64. The van der Waals surface area contributed by atoms with Gasteiger partial charge in [0.05, 0.1) is 17.0 Å². The number of carbonyl (C=O) groups excluding carboxylic acids is 1. The van der Waals surface area contributed by atoms with Gasteiger partial charge in [-0.3, -0.25) is 0 Å². The van der Waals surface area contributed by atoms with Gasteiger partial charge in [0.25, 0.3) is 0 Å². The molecule has 1 aromatic carbocycles. The van der Waals surface area contributed by atoms with Crippen LogP contribution < -0.4 is 15.4 Å². The third-order valence-corrected chi connectivity index (χ3v) is 4.04. The number of anilines is 1. The van der Waals surface area contributed by atoms with E-state index >= 15 is 0 Å². The molecule has 0 saturated heterocycles. The summed E-state index contributed by atoms with van der Waals surface area (Å²) in [5.74, 6) is 0.0336. The number of sulfonamides is 1. The molecule has 2 amide bonds. The Morgan fingerprint density at radius 3 is 2.67 bits per heavy atom. The van der Waals surface area contributed by atoms with E-state index in [9.17, 15) is 13.2 Å². The topological polar surface area (TPSA) is 111 Å². The van der Waals surface area contributed by atoms with Crippen molar-refractivity contribution in [1.82, 2.24) is 10.0 Å². The summed E-state index contributed by atoms with van der Waals surface area (Å²) in [6.45, 7) is 2.15. The highest BCUT2D eigenvalue weighted by atomic mass is 32.2. The lowest BCUT2D eigenvalue weighted by Crippen LogP contribution is -2.33. The van der Waals surface area contributed by atoms with E-state index in [2.05, 4.69) is 15.4 Å². The van der Waals surface area contributed by atoms with Crippen LogP contribution >= 0.6 is 0 Å². The highest BCUT2D eigenvalue weighted by molar-refractivity contribution is 7.89. The molecule has 21 heavy (non-hydrogen) atoms. The summed E-state index contributed by atoms with van der Waals surface area (Å²) in [5.41, 5.74) is 0.813. The number of para-hydroxylation sites is 1. The molecule has 1 aromatic rings. The Hall–Kier alpha value is -2.11. The van der Waals surface area contributed by atoms with Crippen molar-refractivity contribution in [3.05, 3.63) is 29.8 Å². The van der Waals surface area contributed by atoms with Crippen molar-refractivity contribution in [2.24, 2.45) is 0 Å². The predicted octanol–water partition coefficient (Wildman–Crippen LogP) is 1.01. The van der Waals surface area contributed by atoms with Crippen LogP contribution in [0.15, 0.2) is 24.3 Å². The highest BCUT2D eigenvalue weighted by Gasteiger charge is 2.06. The summed E-state index contributed by atoms with van der Waals surface area (Å²) in [7, 11) is -3.19. The zero-order valence-corrected chi connectivity index (χ0v) is 12.5. The van der Waals surface area contributed by atoms with Gasteiger partial charge in [-0.2, -0.15) is 5.26 Å². The summed E-state index contributed by atoms with van der Waals surface area (Å²) in [6.07, 6.45) is 0.479. The molecule has 0 heterocycles. The van der Waals surface area contributed by atoms with Gasteiger partial charge in [-0.1, -0.05) is 12.1 Å². The molecule has 0 aliphatic carbocycles. The largest absolute Gasteiger partial charge is 0.338 e. The predicted molar refractivity (Wildman–Crippen MR) is 80.3 cm³/mol. The number of hydrogen-bond acceptors (Lipinski definition) is 4. The van der Waals surface area contributed by atoms with Gasteiger partial charge in [0.1, 0.15) is 6.07 Å². The lowest BCUT2D eigenvalue weighted by Gasteiger charge is -2.09. The molecular weight excluding hydrogens is 292 g/mol. The Kier molecular flexibility index (Phi) is 6.65. The van der Waals surface area contributed by atoms with E-state index in [-0.39, 0.29) is 12.3 Å². The zero-order valence-electron chi connectivity index (χ0n) is 11.7. The molecule has 0 aliphatic heterocycles. The molecule has 0 spiro atoms. The second-order valence-corrected chi connectivity index (χ2v) is 6.29. The molecule has 0 bridgehead atoms. The molecule has 0 aliphatic rings. The molecule has 7 nitrogen and oxygen atoms in total. The van der Waals surface area contributed by atoms with Gasteiger partial charge in [-0.25, -0.2) is 17.9 Å². The van der Waals surface area contributed by atoms with E-state index in [0.29, 0.717) is 24.2 Å². The fraction of sp³-hybridized carbons (Fsp3) is 0.385. The van der Waals surface area contributed by atoms with Gasteiger partial charge in [0.15, 0.2) is 0 Å². The first-order chi connectivity index (χ1) is 9.98. The Labute approximate surface area is 124 Å². The third kappa shape index (κ3) is 6.25. The molecule has 0 fully saturated rings. The first kappa shape index (κ1) is 16.9. The van der Waals surface area contributed by atoms with Crippen molar-refractivity contribution < 1.29 is 13.2 Å². The second kappa shape index (κ2) is 8.24. The minimum absolute atomic E-state index is 0.0336. The van der Waals surface area contributed by atoms with E-state index in [1.807, 2.05) is 6.07 Å². The minimum Gasteiger partial charge on any atom is -0.338 e. The maximum Gasteiger partial charge on any atom is 0.319 e. The summed E-state index contributed by atoms with van der Waals surface area (Å²) < 4.78 is 24.7. The first-order valence-electron chi connectivity index (χ1n) is 6.50. The van der Waals surface area contributed by atoms with Gasteiger partial charge in [-0.05, 0) is 25.5 Å². The van der Waals surface area contributed by atoms with Gasteiger partial charge in [0.2, 0.25) is 10.0 Å². The number of benzene rings is 1. The number of amides is 2. The van der Waals surface area contributed by atoms with Gasteiger partial charge in [0, 0.05) is 13.1 Å². The zero-order chi connectivity index (χ0) is 15.7. The number of nitrogens with zero attached hydrogens (tertiary/aromatic N) is 1. The fourth-order valence-corrected chi connectivity index (χ4v) is 2.14. The maximum atomic E-state index is 11.6. The van der Waals surface area contributed by atoms with Crippen LogP contribution in [0.3, 0.4) is 0 Å². The lowest BCUT2D eigenvalue weighted by molar-refractivity contribution is 0.252. The van der Waals surface area contributed by atoms with Crippen molar-refractivity contribution in [2.75, 3.05) is 24.2 Å². The molecule has 0 saturated carbocycles. The van der Waals surface area contributed by atoms with Gasteiger partial charge in [-0.15, -0.1) is 0 Å². The Bertz CT molecular complexity index is 623. The van der Waals surface area contributed by atoms with Crippen molar-refractivity contribution in [1.29, 1.82) is 5.26 Å². The monoisotopic (exact) mass is 310 g/mol. The second-order valence-electron chi connectivity index (χ2n) is 4.19. The van der Waals surface area contributed by atoms with Crippen LogP contribution in [0.5, 0.6) is 0 Å². The first-order valence-corrected chi connectivity index (χ1v) is 8.15. The number of carbonyl (C=O) groups is 1. The maximum absolute atomic E-state index is 11.6. The van der Waals surface area contributed by atoms with Crippen LogP contribution in [-0.2, 0) is 10.0 Å². The number of urea groups is 1. The summed E-state index contributed by atoms with van der Waals surface area (Å²) >= 11 is 0. The van der Waals surface area contributed by atoms with Gasteiger partial charge >= 0.3 is 6.03 Å². The van der Waals surface area contributed by atoms with Crippen molar-refractivity contribution in [2.45, 2.75) is 13.3 Å². The van der Waals surface area contributed by atoms with E-state index in [1.54, 1.807) is 31.2 Å². The van der Waals surface area contributed by atoms with Crippen LogP contribution in [-0.4, -0.2) is 33.3 Å². The van der Waals surface area contributed by atoms with Crippen LogP contribution in [0, 0.1) is 11.3 Å². The quantitative estimate of drug-likeness (QED) is 0.652. The van der Waals surface area contributed by atoms with Crippen LogP contribution in [0.2, 0.25) is 0 Å². The van der Waals surface area contributed by atoms with Crippen molar-refractivity contribution in [3.8, 4) is 6.07 Å². The summed E-state index contributed by atoms with van der Waals surface area (Å²) in [4.78, 5) is 11.6. The molecule has 1 rings (SSSR count). The number of hydrogen-bond donors (Lipinski definition) is 3. The van der Waals surface area contributed by atoms with Crippen LogP contribution in [0.25, 0.3) is 0 Å². The molecule has 8 heteroatoms. The highest BCUT2D eigenvalue weighted by Crippen LogP contribution is 2.12. The number of rotatable bonds is 7. The smallest absolute Gasteiger partial charge is 0.319 e. The molecule has 0 radical (unpaired) electrons. The Morgan fingerprint density at radius 2 is 2.00 bits per heavy atom. The number of nitriles is 1. The van der Waals surface area contributed by atoms with Gasteiger partial charge < -0.3 is 10.6 Å². The van der Waals surface area contributed by atoms with Crippen molar-refractivity contribution in [3.63, 3.8) is 0 Å². The van der Waals surface area contributed by atoms with Crippen LogP contribution in [0.1, 0.15) is 18.9 Å². The standard InChI is InChI=1S/C13H18N4O3S/c1-2-21(19,20)16-9-5-8-15-13(18)17-12-7-4-3-6-11(12)10-14/h3-4,6-7,16H,2,5,8-9H2,1H3,(H2,15,17,18). The van der Waals surface area contributed by atoms with E-state index < -0.39 is 16.1 Å². The molecular formula is C13H18N4O3S. The molecule has 0 atom stereocenters. The van der Waals surface area contributed by atoms with E-state index in [4.69, 9.17) is 5.26 Å². The Morgan fingerprint density at radius 1 is 1.29 bits per heavy atom. The minimum atomic E-state index is -3.19. The average Bonchev–Trinajstić information content (AvgIpc) is 2.47. The fourth-order valence-electron chi connectivity index (χ4n) is 1.48. The normalized spacial score (nSPS) is 10.7. The van der Waals surface area contributed by atoms with Crippen molar-refractivity contribution >= 4 is 21.7 Å². The Balaban J connectivity index is 2.31. The SMILES string of the molecule is CCS(=O)(=O)NCCCNC(=O)Nc1ccccc1C#N. The van der Waals surface area contributed by atoms with E-state index in [0.717, 1.165) is 0 Å². The van der Waals surface area contributed by atoms with Crippen LogP contribution in [0.4, 0.5) is 10.5 Å². The van der Waals surface area contributed by atoms with E-state index in [1.165, 1.54) is 0 Å². The molecule has 0 aromatic heterocycles. The summed E-state index contributed by atoms with van der Waals surface area (Å²) in [6, 6.07) is 8.21. The molecule has 114 valence electrons. The summed E-state index contributed by atoms with van der Waals surface area (Å²) in [5, 5.41) is 14.1. The average molecular weight is 310 g/mol. The molecule has 0 unspecified atom stereocenters. The molecule has 3 N–H and O–H groups in total. The number of nitrogens with one attached hydrogen (secondary N) is 3. The lowest BCUT2D eigenvalue weighted by atomic mass is 10.2.